The number of nitrogens with zero attached hydrogens (tertiary/aromatic N) is 1. The fourth-order valence-electron chi connectivity index (χ4n) is 4.47. The van der Waals surface area contributed by atoms with E-state index in [0.717, 1.165) is 24.0 Å². The number of thiol groups is 1. The van der Waals surface area contributed by atoms with Crippen LogP contribution in [0.5, 0.6) is 0 Å². The number of furan rings is 1. The molecule has 0 saturated carbocycles. The number of hydrogen-bond acceptors (Lipinski definition) is 4. The Kier molecular flexibility index (Phi) is 5.02. The van der Waals surface area contributed by atoms with Gasteiger partial charge >= 0.3 is 6.03 Å². The number of carbonyl (C=O) groups excluding carboxylic acids is 1. The van der Waals surface area contributed by atoms with E-state index in [1.165, 1.54) is 6.07 Å². The van der Waals surface area contributed by atoms with Crippen molar-refractivity contribution in [3.05, 3.63) is 45.5 Å². The highest BCUT2D eigenvalue weighted by atomic mass is 32.2. The van der Waals surface area contributed by atoms with Crippen LogP contribution in [0.1, 0.15) is 60.3 Å². The van der Waals surface area contributed by atoms with Crippen LogP contribution in [0.2, 0.25) is 0 Å². The summed E-state index contributed by atoms with van der Waals surface area (Å²) in [4.78, 5) is 12.5. The van der Waals surface area contributed by atoms with Crippen LogP contribution in [-0.2, 0) is 41.9 Å². The SMILES string of the molecule is Cc1oc(/[SH](=O)=N\C(=O)Nc2c3c(c(F)c4c2CCC4)CCC3)cc1C(C)(C)O. The van der Waals surface area contributed by atoms with Crippen molar-refractivity contribution in [2.75, 3.05) is 5.32 Å². The average molecular weight is 421 g/mol. The molecule has 29 heavy (non-hydrogen) atoms. The van der Waals surface area contributed by atoms with Gasteiger partial charge in [0.2, 0.25) is 0 Å². The summed E-state index contributed by atoms with van der Waals surface area (Å²) in [5.41, 5.74) is 3.08. The zero-order valence-corrected chi connectivity index (χ0v) is 17.7. The zero-order chi connectivity index (χ0) is 20.9. The van der Waals surface area contributed by atoms with Crippen molar-refractivity contribution in [3.8, 4) is 0 Å². The molecule has 1 heterocycles. The maximum atomic E-state index is 14.7. The van der Waals surface area contributed by atoms with Gasteiger partial charge in [-0.05, 0) is 81.5 Å². The zero-order valence-electron chi connectivity index (χ0n) is 16.8. The van der Waals surface area contributed by atoms with Gasteiger partial charge in [-0.25, -0.2) is 13.4 Å². The number of carbonyl (C=O) groups is 1. The van der Waals surface area contributed by atoms with Gasteiger partial charge in [0.25, 0.3) is 0 Å². The van der Waals surface area contributed by atoms with Crippen molar-refractivity contribution in [1.29, 1.82) is 0 Å². The molecule has 2 N–H and O–H groups in total. The van der Waals surface area contributed by atoms with Gasteiger partial charge in [0.15, 0.2) is 5.09 Å². The molecule has 0 saturated heterocycles. The first-order valence-electron chi connectivity index (χ1n) is 9.85. The summed E-state index contributed by atoms with van der Waals surface area (Å²) in [7, 11) is -2.46. The van der Waals surface area contributed by atoms with Crippen LogP contribution >= 0.6 is 0 Å². The Morgan fingerprint density at radius 3 is 2.24 bits per heavy atom. The summed E-state index contributed by atoms with van der Waals surface area (Å²) in [6.07, 6.45) is 4.49. The Morgan fingerprint density at radius 2 is 1.72 bits per heavy atom. The number of halogens is 1. The Morgan fingerprint density at radius 1 is 1.17 bits per heavy atom. The topological polar surface area (TPSA) is 91.9 Å². The maximum absolute atomic E-state index is 14.7. The normalized spacial score (nSPS) is 16.7. The van der Waals surface area contributed by atoms with Crippen molar-refractivity contribution in [1.82, 2.24) is 0 Å². The monoisotopic (exact) mass is 420 g/mol. The number of urea groups is 1. The number of benzene rings is 1. The van der Waals surface area contributed by atoms with Crippen LogP contribution < -0.4 is 5.32 Å². The summed E-state index contributed by atoms with van der Waals surface area (Å²) < 4.78 is 36.5. The fourth-order valence-corrected chi connectivity index (χ4v) is 5.24. The molecule has 2 aliphatic rings. The van der Waals surface area contributed by atoms with E-state index in [4.69, 9.17) is 4.42 Å². The molecular weight excluding hydrogens is 395 g/mol. The molecule has 2 aromatic rings. The smallest absolute Gasteiger partial charge is 0.353 e. The predicted octanol–water partition coefficient (Wildman–Crippen LogP) is 4.19. The van der Waals surface area contributed by atoms with Gasteiger partial charge in [0.1, 0.15) is 22.2 Å². The summed E-state index contributed by atoms with van der Waals surface area (Å²) >= 11 is 0. The van der Waals surface area contributed by atoms with E-state index in [-0.39, 0.29) is 10.9 Å². The third-order valence-electron chi connectivity index (χ3n) is 5.74. The van der Waals surface area contributed by atoms with Crippen molar-refractivity contribution in [2.24, 2.45) is 4.36 Å². The van der Waals surface area contributed by atoms with Gasteiger partial charge in [0.05, 0.1) is 5.60 Å². The van der Waals surface area contributed by atoms with E-state index >= 15 is 0 Å². The second-order valence-corrected chi connectivity index (χ2v) is 9.41. The lowest BCUT2D eigenvalue weighted by molar-refractivity contribution is 0.0769. The standard InChI is InChI=1S/C21H25FN2O4S/c1-11-16(21(2,3)26)10-17(28-11)29(27)24-20(25)23-19-14-8-4-6-12(14)18(22)13-7-5-9-15(13)19/h10,26,29H,4-9H2,1-3H3,(H,23,25). The van der Waals surface area contributed by atoms with Crippen molar-refractivity contribution in [2.45, 2.75) is 70.0 Å². The van der Waals surface area contributed by atoms with Gasteiger partial charge in [-0.2, -0.15) is 0 Å². The lowest BCUT2D eigenvalue weighted by Crippen LogP contribution is -2.15. The average Bonchev–Trinajstić information content (AvgIpc) is 3.36. The molecule has 2 aliphatic carbocycles. The number of anilines is 1. The highest BCUT2D eigenvalue weighted by Crippen LogP contribution is 2.41. The lowest BCUT2D eigenvalue weighted by atomic mass is 9.98. The molecule has 0 fully saturated rings. The number of aryl methyl sites for hydroxylation is 1. The minimum absolute atomic E-state index is 0.0411. The Labute approximate surface area is 170 Å². The number of rotatable bonds is 3. The van der Waals surface area contributed by atoms with E-state index < -0.39 is 22.2 Å². The van der Waals surface area contributed by atoms with Gasteiger partial charge in [-0.15, -0.1) is 4.36 Å². The Bertz CT molecular complexity index is 1060. The molecule has 4 rings (SSSR count). The highest BCUT2D eigenvalue weighted by Gasteiger charge is 2.30. The molecule has 1 atom stereocenters. The van der Waals surface area contributed by atoms with Crippen molar-refractivity contribution in [3.63, 3.8) is 0 Å². The number of nitrogens with one attached hydrogen (secondary N) is 1. The van der Waals surface area contributed by atoms with Crippen molar-refractivity contribution >= 4 is 22.3 Å². The summed E-state index contributed by atoms with van der Waals surface area (Å²) in [5.74, 6) is 0.317. The quantitative estimate of drug-likeness (QED) is 0.650. The number of hydrogen-bond donors (Lipinski definition) is 3. The van der Waals surface area contributed by atoms with E-state index in [9.17, 15) is 18.5 Å². The van der Waals surface area contributed by atoms with E-state index in [2.05, 4.69) is 9.68 Å². The predicted molar refractivity (Wildman–Crippen MR) is 108 cm³/mol. The third kappa shape index (κ3) is 3.59. The minimum Gasteiger partial charge on any atom is -0.452 e. The number of amides is 2. The van der Waals surface area contributed by atoms with E-state index in [0.29, 0.717) is 53.8 Å². The molecule has 2 amide bonds. The van der Waals surface area contributed by atoms with Gasteiger partial charge < -0.3 is 14.8 Å². The van der Waals surface area contributed by atoms with E-state index in [1.54, 1.807) is 20.8 Å². The Hall–Kier alpha value is -2.19. The van der Waals surface area contributed by atoms with Crippen LogP contribution in [0.4, 0.5) is 14.9 Å². The molecule has 156 valence electrons. The molecule has 0 radical (unpaired) electrons. The first-order valence-corrected chi connectivity index (χ1v) is 11.1. The van der Waals surface area contributed by atoms with Crippen LogP contribution in [0.15, 0.2) is 19.9 Å². The summed E-state index contributed by atoms with van der Waals surface area (Å²) in [6.45, 7) is 4.85. The third-order valence-corrected chi connectivity index (χ3v) is 6.70. The largest absolute Gasteiger partial charge is 0.452 e. The van der Waals surface area contributed by atoms with Gasteiger partial charge in [-0.1, -0.05) is 0 Å². The molecule has 1 aromatic carbocycles. The first-order chi connectivity index (χ1) is 13.7. The fraction of sp³-hybridized carbons (Fsp3) is 0.476. The van der Waals surface area contributed by atoms with Crippen molar-refractivity contribution < 1.29 is 22.9 Å². The molecule has 0 bridgehead atoms. The van der Waals surface area contributed by atoms with Crippen LogP contribution in [0.25, 0.3) is 0 Å². The lowest BCUT2D eigenvalue weighted by Gasteiger charge is -2.16. The molecule has 0 spiro atoms. The molecule has 1 unspecified atom stereocenters. The second-order valence-electron chi connectivity index (χ2n) is 8.23. The number of fused-ring (bicyclic) bond motifs is 2. The van der Waals surface area contributed by atoms with Gasteiger partial charge in [0, 0.05) is 17.3 Å². The van der Waals surface area contributed by atoms with Crippen LogP contribution in [-0.4, -0.2) is 15.3 Å². The minimum atomic E-state index is -2.46. The van der Waals surface area contributed by atoms with Gasteiger partial charge in [-0.3, -0.25) is 0 Å². The second kappa shape index (κ2) is 7.25. The summed E-state index contributed by atoms with van der Waals surface area (Å²) in [6, 6.07) is 0.734. The maximum Gasteiger partial charge on any atom is 0.353 e. The molecule has 6 nitrogen and oxygen atoms in total. The highest BCUT2D eigenvalue weighted by molar-refractivity contribution is 7.75. The van der Waals surface area contributed by atoms with E-state index in [1.807, 2.05) is 0 Å². The van der Waals surface area contributed by atoms with Crippen LogP contribution in [0, 0.1) is 12.7 Å². The van der Waals surface area contributed by atoms with Crippen LogP contribution in [0.3, 0.4) is 0 Å². The number of aliphatic hydroxyl groups is 1. The summed E-state index contributed by atoms with van der Waals surface area (Å²) in [5, 5.41) is 13.0. The molecule has 0 aliphatic heterocycles. The molecule has 8 heteroatoms. The molecular formula is C21H25FN2O4S. The Balaban J connectivity index is 1.64. The molecule has 1 aromatic heterocycles. The first kappa shape index (κ1) is 20.1.